The summed E-state index contributed by atoms with van der Waals surface area (Å²) >= 11 is 0. The highest BCUT2D eigenvalue weighted by molar-refractivity contribution is 6.54. The number of rotatable bonds is 2. The van der Waals surface area contributed by atoms with Gasteiger partial charge in [0.25, 0.3) is 0 Å². The van der Waals surface area contributed by atoms with E-state index in [9.17, 15) is 4.79 Å². The Hall–Kier alpha value is -1.01. The highest BCUT2D eigenvalue weighted by atomic mass is 16.7. The molecule has 0 radical (unpaired) electrons. The number of carbonyl (C=O) groups is 1. The van der Waals surface area contributed by atoms with Crippen LogP contribution in [-0.4, -0.2) is 35.6 Å². The Morgan fingerprint density at radius 1 is 1.39 bits per heavy atom. The monoisotopic (exact) mass is 253 g/mol. The molecule has 2 rings (SSSR count). The molecule has 1 aliphatic carbocycles. The van der Waals surface area contributed by atoms with Crippen LogP contribution in [0.4, 0.5) is 4.79 Å². The van der Waals surface area contributed by atoms with Crippen LogP contribution >= 0.6 is 0 Å². The Morgan fingerprint density at radius 2 is 1.94 bits per heavy atom. The molecule has 100 valence electrons. The van der Waals surface area contributed by atoms with Gasteiger partial charge in [-0.1, -0.05) is 6.08 Å². The van der Waals surface area contributed by atoms with Crippen LogP contribution in [0, 0.1) is 0 Å². The molecule has 0 bridgehead atoms. The predicted octanol–water partition coefficient (Wildman–Crippen LogP) is 1.97. The summed E-state index contributed by atoms with van der Waals surface area (Å²) in [5.41, 5.74) is 0.334. The van der Waals surface area contributed by atoms with Gasteiger partial charge in [-0.25, -0.2) is 4.79 Å². The van der Waals surface area contributed by atoms with Crippen molar-refractivity contribution in [3.8, 4) is 0 Å². The first kappa shape index (κ1) is 13.4. The van der Waals surface area contributed by atoms with Gasteiger partial charge in [0.1, 0.15) is 0 Å². The molecule has 6 heteroatoms. The normalized spacial score (nSPS) is 29.2. The van der Waals surface area contributed by atoms with E-state index in [1.807, 2.05) is 33.8 Å². The van der Waals surface area contributed by atoms with Crippen LogP contribution in [-0.2, 0) is 9.31 Å². The van der Waals surface area contributed by atoms with Gasteiger partial charge < -0.3 is 19.7 Å². The van der Waals surface area contributed by atoms with Crippen LogP contribution in [0.1, 0.15) is 40.5 Å². The number of hydrogen-bond donors (Lipinski definition) is 2. The summed E-state index contributed by atoms with van der Waals surface area (Å²) in [4.78, 5) is 10.6. The number of hydrogen-bond acceptors (Lipinski definition) is 3. The van der Waals surface area contributed by atoms with E-state index < -0.39 is 6.09 Å². The van der Waals surface area contributed by atoms with Crippen molar-refractivity contribution in [2.24, 2.45) is 0 Å². The van der Waals surface area contributed by atoms with Crippen molar-refractivity contribution in [1.82, 2.24) is 5.32 Å². The fourth-order valence-corrected chi connectivity index (χ4v) is 2.22. The largest absolute Gasteiger partial charge is 0.490 e. The third-order valence-electron chi connectivity index (χ3n) is 4.03. The Bertz CT molecular complexity index is 376. The molecule has 0 aromatic heterocycles. The van der Waals surface area contributed by atoms with E-state index in [0.29, 0.717) is 12.8 Å². The number of nitrogens with one attached hydrogen (secondary N) is 1. The minimum atomic E-state index is -0.983. The lowest BCUT2D eigenvalue weighted by Crippen LogP contribution is -2.41. The smallest absolute Gasteiger partial charge is 0.465 e. The average Bonchev–Trinajstić information content (AvgIpc) is 2.70. The highest BCUT2D eigenvalue weighted by Crippen LogP contribution is 2.40. The minimum Gasteiger partial charge on any atom is -0.465 e. The number of carboxylic acid groups (broad SMARTS) is 1. The first-order chi connectivity index (χ1) is 8.21. The number of amides is 1. The lowest BCUT2D eigenvalue weighted by atomic mass is 9.77. The molecule has 1 heterocycles. The van der Waals surface area contributed by atoms with Crippen LogP contribution < -0.4 is 5.32 Å². The van der Waals surface area contributed by atoms with E-state index in [-0.39, 0.29) is 24.4 Å². The standard InChI is InChI=1S/C12H20BNO4/c1-11(2)12(3,4)18-13(17-11)8-5-6-9(7-8)14-10(15)16/h5,9,14H,6-7H2,1-4H3,(H,15,16)/t9-/m1/s1. The van der Waals surface area contributed by atoms with Crippen LogP contribution in [0.2, 0.25) is 0 Å². The molecule has 2 aliphatic rings. The molecule has 5 nitrogen and oxygen atoms in total. The first-order valence-corrected chi connectivity index (χ1v) is 6.25. The Kier molecular flexibility index (Phi) is 3.19. The zero-order valence-electron chi connectivity index (χ0n) is 11.3. The topological polar surface area (TPSA) is 67.8 Å². The molecule has 1 fully saturated rings. The maximum Gasteiger partial charge on any atom is 0.490 e. The van der Waals surface area contributed by atoms with Crippen molar-refractivity contribution in [3.05, 3.63) is 11.5 Å². The summed E-state index contributed by atoms with van der Waals surface area (Å²) in [5, 5.41) is 11.2. The van der Waals surface area contributed by atoms with Gasteiger partial charge >= 0.3 is 13.2 Å². The molecule has 1 aliphatic heterocycles. The molecule has 2 N–H and O–H groups in total. The predicted molar refractivity (Wildman–Crippen MR) is 68.3 cm³/mol. The van der Waals surface area contributed by atoms with Crippen LogP contribution in [0.15, 0.2) is 11.5 Å². The molecule has 0 saturated carbocycles. The Morgan fingerprint density at radius 3 is 2.44 bits per heavy atom. The van der Waals surface area contributed by atoms with Gasteiger partial charge in [-0.05, 0) is 46.0 Å². The van der Waals surface area contributed by atoms with Crippen molar-refractivity contribution in [2.75, 3.05) is 0 Å². The van der Waals surface area contributed by atoms with E-state index >= 15 is 0 Å². The second-order valence-corrected chi connectivity index (χ2v) is 5.95. The minimum absolute atomic E-state index is 0.0588. The van der Waals surface area contributed by atoms with Crippen molar-refractivity contribution < 1.29 is 19.2 Å². The second-order valence-electron chi connectivity index (χ2n) is 5.95. The van der Waals surface area contributed by atoms with Gasteiger partial charge in [0.2, 0.25) is 0 Å². The van der Waals surface area contributed by atoms with E-state index in [0.717, 1.165) is 5.47 Å². The quantitative estimate of drug-likeness (QED) is 0.738. The van der Waals surface area contributed by atoms with Gasteiger partial charge in [-0.15, -0.1) is 0 Å². The van der Waals surface area contributed by atoms with E-state index in [2.05, 4.69) is 5.32 Å². The van der Waals surface area contributed by atoms with E-state index in [4.69, 9.17) is 14.4 Å². The molecule has 1 saturated heterocycles. The summed E-state index contributed by atoms with van der Waals surface area (Å²) < 4.78 is 11.9. The van der Waals surface area contributed by atoms with Gasteiger partial charge in [-0.2, -0.15) is 0 Å². The summed E-state index contributed by atoms with van der Waals surface area (Å²) in [6, 6.07) is -0.0588. The highest BCUT2D eigenvalue weighted by Gasteiger charge is 2.52. The van der Waals surface area contributed by atoms with Crippen LogP contribution in [0.5, 0.6) is 0 Å². The zero-order chi connectivity index (χ0) is 13.6. The second kappa shape index (κ2) is 4.28. The average molecular weight is 253 g/mol. The lowest BCUT2D eigenvalue weighted by Gasteiger charge is -2.32. The van der Waals surface area contributed by atoms with Gasteiger partial charge in [0.15, 0.2) is 0 Å². The maximum atomic E-state index is 10.6. The summed E-state index contributed by atoms with van der Waals surface area (Å²) in [6.07, 6.45) is 2.39. The van der Waals surface area contributed by atoms with Crippen molar-refractivity contribution >= 4 is 13.2 Å². The van der Waals surface area contributed by atoms with Crippen molar-refractivity contribution in [2.45, 2.75) is 57.8 Å². The molecule has 0 aromatic carbocycles. The molecule has 1 amide bonds. The summed E-state index contributed by atoms with van der Waals surface area (Å²) in [7, 11) is -0.351. The van der Waals surface area contributed by atoms with Gasteiger partial charge in [0.05, 0.1) is 11.2 Å². The van der Waals surface area contributed by atoms with Crippen LogP contribution in [0.25, 0.3) is 0 Å². The SMILES string of the molecule is CC1(C)OB(C2=CC[C@@H](NC(=O)O)C2)OC1(C)C. The van der Waals surface area contributed by atoms with Gasteiger partial charge in [0, 0.05) is 6.04 Å². The first-order valence-electron chi connectivity index (χ1n) is 6.25. The molecule has 1 atom stereocenters. The summed E-state index contributed by atoms with van der Waals surface area (Å²) in [5.74, 6) is 0. The van der Waals surface area contributed by atoms with Crippen molar-refractivity contribution in [3.63, 3.8) is 0 Å². The zero-order valence-corrected chi connectivity index (χ0v) is 11.3. The molecular formula is C12H20BNO4. The lowest BCUT2D eigenvalue weighted by molar-refractivity contribution is 0.00578. The Balaban J connectivity index is 1.98. The molecule has 18 heavy (non-hydrogen) atoms. The van der Waals surface area contributed by atoms with E-state index in [1.54, 1.807) is 0 Å². The molecule has 0 spiro atoms. The Labute approximate surface area is 108 Å². The molecule has 0 unspecified atom stereocenters. The van der Waals surface area contributed by atoms with Crippen LogP contribution in [0.3, 0.4) is 0 Å². The van der Waals surface area contributed by atoms with Crippen molar-refractivity contribution in [1.29, 1.82) is 0 Å². The fraction of sp³-hybridized carbons (Fsp3) is 0.750. The molecular weight excluding hydrogens is 233 g/mol. The summed E-state index contributed by atoms with van der Waals surface area (Å²) in [6.45, 7) is 8.04. The maximum absolute atomic E-state index is 10.6. The van der Waals surface area contributed by atoms with Gasteiger partial charge in [-0.3, -0.25) is 0 Å². The van der Waals surface area contributed by atoms with E-state index in [1.165, 1.54) is 0 Å². The fourth-order valence-electron chi connectivity index (χ4n) is 2.22. The molecule has 0 aromatic rings. The third kappa shape index (κ3) is 2.40. The third-order valence-corrected chi connectivity index (χ3v) is 4.03.